The zero-order valence-corrected chi connectivity index (χ0v) is 14.5. The highest BCUT2D eigenvalue weighted by atomic mass is 16.4. The fraction of sp³-hybridized carbons (Fsp3) is 0.412. The average molecular weight is 351 g/mol. The van der Waals surface area contributed by atoms with Gasteiger partial charge in [0, 0.05) is 16.3 Å². The first-order chi connectivity index (χ1) is 11.6. The van der Waals surface area contributed by atoms with Crippen molar-refractivity contribution in [3.8, 4) is 0 Å². The summed E-state index contributed by atoms with van der Waals surface area (Å²) in [6.45, 7) is 4.59. The van der Waals surface area contributed by atoms with Gasteiger partial charge in [-0.25, -0.2) is 0 Å². The fourth-order valence-corrected chi connectivity index (χ4v) is 1.88. The summed E-state index contributed by atoms with van der Waals surface area (Å²) in [7, 11) is 0. The molecule has 8 nitrogen and oxygen atoms in total. The van der Waals surface area contributed by atoms with Crippen molar-refractivity contribution in [2.24, 2.45) is 11.1 Å². The topological polar surface area (TPSA) is 149 Å². The highest BCUT2D eigenvalue weighted by Gasteiger charge is 2.30. The number of H-pyrrole nitrogens is 1. The third-order valence-electron chi connectivity index (χ3n) is 3.79. The van der Waals surface area contributed by atoms with E-state index in [-0.39, 0.29) is 6.61 Å². The SMILES string of the molecule is CC(C)(CO)C(N)C(=O)O.CC(Nc1cc2ccccc2[nH]1)C(=O)O. The number of fused-ring (bicyclic) bond motifs is 1. The van der Waals surface area contributed by atoms with E-state index >= 15 is 0 Å². The molecule has 2 rings (SSSR count). The van der Waals surface area contributed by atoms with Gasteiger partial charge >= 0.3 is 11.9 Å². The van der Waals surface area contributed by atoms with Crippen molar-refractivity contribution in [3.63, 3.8) is 0 Å². The molecule has 0 aliphatic carbocycles. The number of aliphatic carboxylic acids is 2. The lowest BCUT2D eigenvalue weighted by Crippen LogP contribution is -2.45. The zero-order chi connectivity index (χ0) is 19.2. The van der Waals surface area contributed by atoms with Crippen molar-refractivity contribution in [2.45, 2.75) is 32.9 Å². The van der Waals surface area contributed by atoms with E-state index in [0.29, 0.717) is 0 Å². The van der Waals surface area contributed by atoms with E-state index in [1.807, 2.05) is 30.3 Å². The lowest BCUT2D eigenvalue weighted by atomic mass is 9.86. The Bertz CT molecular complexity index is 693. The van der Waals surface area contributed by atoms with Gasteiger partial charge in [0.15, 0.2) is 0 Å². The number of aromatic amines is 1. The molecule has 8 heteroatoms. The van der Waals surface area contributed by atoms with Crippen LogP contribution in [0.3, 0.4) is 0 Å². The van der Waals surface area contributed by atoms with Gasteiger partial charge in [-0.1, -0.05) is 32.0 Å². The van der Waals surface area contributed by atoms with E-state index in [0.717, 1.165) is 16.7 Å². The summed E-state index contributed by atoms with van der Waals surface area (Å²) in [5.74, 6) is -1.22. The second-order valence-corrected chi connectivity index (χ2v) is 6.44. The Morgan fingerprint density at radius 3 is 2.28 bits per heavy atom. The smallest absolute Gasteiger partial charge is 0.325 e. The molecule has 0 aliphatic heterocycles. The molecule has 7 N–H and O–H groups in total. The molecule has 0 spiro atoms. The van der Waals surface area contributed by atoms with Gasteiger partial charge < -0.3 is 31.4 Å². The molecule has 1 aromatic carbocycles. The van der Waals surface area contributed by atoms with Gasteiger partial charge in [0.25, 0.3) is 0 Å². The number of hydrogen-bond acceptors (Lipinski definition) is 5. The molecule has 0 aliphatic rings. The molecule has 0 bridgehead atoms. The average Bonchev–Trinajstić information content (AvgIpc) is 2.96. The third kappa shape index (κ3) is 5.77. The van der Waals surface area contributed by atoms with E-state index in [1.54, 1.807) is 20.8 Å². The number of nitrogens with two attached hydrogens (primary N) is 1. The van der Waals surface area contributed by atoms with Crippen LogP contribution in [0.1, 0.15) is 20.8 Å². The summed E-state index contributed by atoms with van der Waals surface area (Å²) in [6.07, 6.45) is 0. The van der Waals surface area contributed by atoms with E-state index in [4.69, 9.17) is 21.1 Å². The largest absolute Gasteiger partial charge is 0.480 e. The Hall–Kier alpha value is -2.58. The lowest BCUT2D eigenvalue weighted by Gasteiger charge is -2.25. The number of carboxylic acids is 2. The maximum absolute atomic E-state index is 10.6. The highest BCUT2D eigenvalue weighted by molar-refractivity contribution is 5.85. The molecule has 0 saturated carbocycles. The van der Waals surface area contributed by atoms with E-state index in [9.17, 15) is 9.59 Å². The van der Waals surface area contributed by atoms with Gasteiger partial charge in [-0.3, -0.25) is 9.59 Å². The molecular formula is C17H25N3O5. The number of nitrogens with one attached hydrogen (secondary N) is 2. The van der Waals surface area contributed by atoms with Gasteiger partial charge in [0.2, 0.25) is 0 Å². The molecule has 0 amide bonds. The predicted molar refractivity (Wildman–Crippen MR) is 95.5 cm³/mol. The third-order valence-corrected chi connectivity index (χ3v) is 3.79. The summed E-state index contributed by atoms with van der Waals surface area (Å²) < 4.78 is 0. The number of aliphatic hydroxyl groups is 1. The number of carbonyl (C=O) groups is 2. The Morgan fingerprint density at radius 1 is 1.24 bits per heavy atom. The first kappa shape index (κ1) is 20.5. The Morgan fingerprint density at radius 2 is 1.84 bits per heavy atom. The van der Waals surface area contributed by atoms with Gasteiger partial charge in [-0.2, -0.15) is 0 Å². The molecule has 0 saturated heterocycles. The van der Waals surface area contributed by atoms with Crippen LogP contribution in [0.2, 0.25) is 0 Å². The minimum absolute atomic E-state index is 0.222. The van der Waals surface area contributed by atoms with Crippen LogP contribution in [0.25, 0.3) is 10.9 Å². The molecule has 2 aromatic rings. The van der Waals surface area contributed by atoms with E-state index in [2.05, 4.69) is 10.3 Å². The van der Waals surface area contributed by atoms with Crippen molar-refractivity contribution in [3.05, 3.63) is 30.3 Å². The number of benzene rings is 1. The van der Waals surface area contributed by atoms with Crippen molar-refractivity contribution >= 4 is 28.7 Å². The minimum Gasteiger partial charge on any atom is -0.480 e. The normalized spacial score (nSPS) is 13.5. The quantitative estimate of drug-likeness (QED) is 0.461. The lowest BCUT2D eigenvalue weighted by molar-refractivity contribution is -0.142. The van der Waals surface area contributed by atoms with Gasteiger partial charge in [0.1, 0.15) is 17.9 Å². The summed E-state index contributed by atoms with van der Waals surface area (Å²) in [4.78, 5) is 24.0. The number of rotatable bonds is 6. The predicted octanol–water partition coefficient (Wildman–Crippen LogP) is 1.47. The van der Waals surface area contributed by atoms with Gasteiger partial charge in [0.05, 0.1) is 6.61 Å². The van der Waals surface area contributed by atoms with Crippen LogP contribution in [0.5, 0.6) is 0 Å². The van der Waals surface area contributed by atoms with Crippen molar-refractivity contribution in [2.75, 3.05) is 11.9 Å². The fourth-order valence-electron chi connectivity index (χ4n) is 1.88. The number of aliphatic hydroxyl groups excluding tert-OH is 1. The molecular weight excluding hydrogens is 326 g/mol. The molecule has 25 heavy (non-hydrogen) atoms. The maximum atomic E-state index is 10.6. The number of anilines is 1. The number of carboxylic acid groups (broad SMARTS) is 2. The monoisotopic (exact) mass is 351 g/mol. The Labute approximate surface area is 145 Å². The van der Waals surface area contributed by atoms with Crippen LogP contribution >= 0.6 is 0 Å². The van der Waals surface area contributed by atoms with Crippen LogP contribution < -0.4 is 11.1 Å². The van der Waals surface area contributed by atoms with E-state index in [1.165, 1.54) is 0 Å². The van der Waals surface area contributed by atoms with Gasteiger partial charge in [-0.15, -0.1) is 0 Å². The minimum atomic E-state index is -1.08. The summed E-state index contributed by atoms with van der Waals surface area (Å²) in [6, 6.07) is 8.10. The van der Waals surface area contributed by atoms with Crippen LogP contribution in [0, 0.1) is 5.41 Å². The Balaban J connectivity index is 0.000000275. The molecule has 138 valence electrons. The number of para-hydroxylation sites is 1. The second kappa shape index (κ2) is 8.50. The highest BCUT2D eigenvalue weighted by Crippen LogP contribution is 2.18. The number of hydrogen-bond donors (Lipinski definition) is 6. The van der Waals surface area contributed by atoms with Crippen molar-refractivity contribution in [1.29, 1.82) is 0 Å². The van der Waals surface area contributed by atoms with Gasteiger partial charge in [-0.05, 0) is 19.1 Å². The van der Waals surface area contributed by atoms with Crippen molar-refractivity contribution in [1.82, 2.24) is 4.98 Å². The number of aromatic nitrogens is 1. The molecule has 0 radical (unpaired) electrons. The Kier molecular flexibility index (Phi) is 6.96. The first-order valence-electron chi connectivity index (χ1n) is 7.75. The maximum Gasteiger partial charge on any atom is 0.325 e. The van der Waals surface area contributed by atoms with Crippen LogP contribution in [0.4, 0.5) is 5.82 Å². The molecule has 2 unspecified atom stereocenters. The second-order valence-electron chi connectivity index (χ2n) is 6.44. The molecule has 1 aromatic heterocycles. The standard InChI is InChI=1S/C11H12N2O2.C6H13NO3/c1-7(11(14)15)12-10-6-8-4-2-3-5-9(8)13-10;1-6(2,3-8)4(7)5(9)10/h2-7,12-13H,1H3,(H,14,15);4,8H,3,7H2,1-2H3,(H,9,10). The molecule has 1 heterocycles. The van der Waals surface area contributed by atoms with Crippen LogP contribution in [-0.4, -0.2) is 50.9 Å². The van der Waals surface area contributed by atoms with Crippen LogP contribution in [0.15, 0.2) is 30.3 Å². The summed E-state index contributed by atoms with van der Waals surface area (Å²) >= 11 is 0. The van der Waals surface area contributed by atoms with Crippen molar-refractivity contribution < 1.29 is 24.9 Å². The first-order valence-corrected chi connectivity index (χ1v) is 7.75. The molecule has 0 fully saturated rings. The van der Waals surface area contributed by atoms with Crippen LogP contribution in [-0.2, 0) is 9.59 Å². The van der Waals surface area contributed by atoms with E-state index < -0.39 is 29.4 Å². The summed E-state index contributed by atoms with van der Waals surface area (Å²) in [5, 5.41) is 29.8. The summed E-state index contributed by atoms with van der Waals surface area (Å²) in [5.41, 5.74) is 5.50. The zero-order valence-electron chi connectivity index (χ0n) is 14.5. The molecule has 2 atom stereocenters.